The average molecular weight is 267 g/mol. The number of amides is 1. The van der Waals surface area contributed by atoms with E-state index in [9.17, 15) is 20.0 Å². The minimum atomic E-state index is -0.515. The van der Waals surface area contributed by atoms with E-state index >= 15 is 0 Å². The summed E-state index contributed by atoms with van der Waals surface area (Å²) in [6.07, 6.45) is 1.64. The molecule has 0 aliphatic carbocycles. The van der Waals surface area contributed by atoms with Crippen molar-refractivity contribution in [2.75, 3.05) is 13.1 Å². The van der Waals surface area contributed by atoms with Crippen molar-refractivity contribution in [3.63, 3.8) is 0 Å². The van der Waals surface area contributed by atoms with Gasteiger partial charge in [0.05, 0.1) is 17.2 Å². The Hall–Kier alpha value is -1.89. The second-order valence-corrected chi connectivity index (χ2v) is 4.99. The molecule has 1 aromatic heterocycles. The van der Waals surface area contributed by atoms with Crippen molar-refractivity contribution in [1.29, 1.82) is 0 Å². The monoisotopic (exact) mass is 267 g/mol. The van der Waals surface area contributed by atoms with Gasteiger partial charge in [-0.05, 0) is 13.3 Å². The van der Waals surface area contributed by atoms with E-state index in [-0.39, 0.29) is 17.5 Å². The Morgan fingerprint density at radius 2 is 2.32 bits per heavy atom. The number of hydrogen-bond donors (Lipinski definition) is 1. The van der Waals surface area contributed by atoms with Crippen molar-refractivity contribution in [1.82, 2.24) is 9.47 Å². The summed E-state index contributed by atoms with van der Waals surface area (Å²) in [6, 6.07) is 1.29. The molecule has 1 aliphatic heterocycles. The summed E-state index contributed by atoms with van der Waals surface area (Å²) in [6.45, 7) is 2.79. The SMILES string of the molecule is CC(O)C1CCN(C(=O)c2cc([N+](=O)[O-])cn2C)C1. The number of aryl methyl sites for hydroxylation is 1. The molecule has 1 saturated heterocycles. The molecule has 2 atom stereocenters. The number of aliphatic hydroxyl groups is 1. The van der Waals surface area contributed by atoms with Gasteiger partial charge >= 0.3 is 0 Å². The Morgan fingerprint density at radius 1 is 1.63 bits per heavy atom. The van der Waals surface area contributed by atoms with Crippen LogP contribution in [0.4, 0.5) is 5.69 Å². The third kappa shape index (κ3) is 2.60. The first-order chi connectivity index (χ1) is 8.90. The van der Waals surface area contributed by atoms with Crippen LogP contribution in [0, 0.1) is 16.0 Å². The molecule has 0 aromatic carbocycles. The van der Waals surface area contributed by atoms with E-state index in [0.717, 1.165) is 6.42 Å². The van der Waals surface area contributed by atoms with E-state index in [0.29, 0.717) is 18.8 Å². The number of nitrogens with zero attached hydrogens (tertiary/aromatic N) is 3. The lowest BCUT2D eigenvalue weighted by atomic mass is 10.0. The second-order valence-electron chi connectivity index (χ2n) is 4.99. The quantitative estimate of drug-likeness (QED) is 0.647. The van der Waals surface area contributed by atoms with E-state index in [1.165, 1.54) is 16.8 Å². The fourth-order valence-corrected chi connectivity index (χ4v) is 2.39. The summed E-state index contributed by atoms with van der Waals surface area (Å²) >= 11 is 0. The van der Waals surface area contributed by atoms with Crippen molar-refractivity contribution in [2.24, 2.45) is 13.0 Å². The number of carbonyl (C=O) groups excluding carboxylic acids is 1. The Morgan fingerprint density at radius 3 is 2.79 bits per heavy atom. The van der Waals surface area contributed by atoms with Crippen molar-refractivity contribution >= 4 is 11.6 Å². The summed E-state index contributed by atoms with van der Waals surface area (Å²) < 4.78 is 1.47. The molecule has 1 amide bonds. The van der Waals surface area contributed by atoms with Crippen LogP contribution >= 0.6 is 0 Å². The normalized spacial score (nSPS) is 20.6. The third-order valence-corrected chi connectivity index (χ3v) is 3.61. The minimum Gasteiger partial charge on any atom is -0.393 e. The van der Waals surface area contributed by atoms with Gasteiger partial charge in [-0.25, -0.2) is 0 Å². The number of rotatable bonds is 3. The largest absolute Gasteiger partial charge is 0.393 e. The van der Waals surface area contributed by atoms with Gasteiger partial charge in [0.1, 0.15) is 5.69 Å². The maximum absolute atomic E-state index is 12.3. The molecule has 0 spiro atoms. The van der Waals surface area contributed by atoms with Crippen LogP contribution in [-0.4, -0.2) is 44.6 Å². The van der Waals surface area contributed by atoms with Crippen LogP contribution in [0.3, 0.4) is 0 Å². The van der Waals surface area contributed by atoms with Gasteiger partial charge in [0.25, 0.3) is 11.6 Å². The van der Waals surface area contributed by atoms with E-state index in [4.69, 9.17) is 0 Å². The number of nitro groups is 1. The number of hydrogen-bond acceptors (Lipinski definition) is 4. The number of aromatic nitrogens is 1. The van der Waals surface area contributed by atoms with Crippen LogP contribution in [0.25, 0.3) is 0 Å². The molecule has 0 bridgehead atoms. The van der Waals surface area contributed by atoms with Crippen molar-refractivity contribution < 1.29 is 14.8 Å². The molecular formula is C12H17N3O4. The average Bonchev–Trinajstić information content (AvgIpc) is 2.94. The minimum absolute atomic E-state index is 0.0826. The molecule has 1 aromatic rings. The van der Waals surface area contributed by atoms with Gasteiger partial charge in [0.2, 0.25) is 0 Å². The number of carbonyl (C=O) groups is 1. The Labute approximate surface area is 110 Å². The molecule has 2 rings (SSSR count). The first-order valence-corrected chi connectivity index (χ1v) is 6.18. The molecule has 0 saturated carbocycles. The molecule has 2 heterocycles. The fraction of sp³-hybridized carbons (Fsp3) is 0.583. The predicted molar refractivity (Wildman–Crippen MR) is 67.8 cm³/mol. The maximum atomic E-state index is 12.3. The van der Waals surface area contributed by atoms with Crippen LogP contribution in [-0.2, 0) is 7.05 Å². The summed E-state index contributed by atoms with van der Waals surface area (Å²) in [5.41, 5.74) is 0.218. The number of aliphatic hydroxyl groups excluding tert-OH is 1. The van der Waals surface area contributed by atoms with Crippen molar-refractivity contribution in [3.05, 3.63) is 28.1 Å². The zero-order valence-electron chi connectivity index (χ0n) is 10.9. The highest BCUT2D eigenvalue weighted by Gasteiger charge is 2.31. The van der Waals surface area contributed by atoms with Gasteiger partial charge < -0.3 is 14.6 Å². The van der Waals surface area contributed by atoms with Crippen molar-refractivity contribution in [2.45, 2.75) is 19.4 Å². The molecule has 0 radical (unpaired) electrons. The van der Waals surface area contributed by atoms with Crippen LogP contribution in [0.15, 0.2) is 12.3 Å². The summed E-state index contributed by atoms with van der Waals surface area (Å²) in [4.78, 5) is 24.1. The Balaban J connectivity index is 2.15. The first-order valence-electron chi connectivity index (χ1n) is 6.18. The van der Waals surface area contributed by atoms with E-state index < -0.39 is 11.0 Å². The van der Waals surface area contributed by atoms with Gasteiger partial charge in [-0.2, -0.15) is 0 Å². The van der Waals surface area contributed by atoms with Crippen LogP contribution in [0.1, 0.15) is 23.8 Å². The Kier molecular flexibility index (Phi) is 3.57. The van der Waals surface area contributed by atoms with Crippen LogP contribution < -0.4 is 0 Å². The van der Waals surface area contributed by atoms with Gasteiger partial charge in [-0.1, -0.05) is 0 Å². The standard InChI is InChI=1S/C12H17N3O4/c1-8(16)9-3-4-14(6-9)12(17)11-5-10(15(18)19)7-13(11)2/h5,7-9,16H,3-4,6H2,1-2H3. The van der Waals surface area contributed by atoms with Gasteiger partial charge in [0, 0.05) is 32.1 Å². The molecule has 104 valence electrons. The molecule has 1 N–H and O–H groups in total. The molecule has 2 unspecified atom stereocenters. The van der Waals surface area contributed by atoms with Gasteiger partial charge in [-0.15, -0.1) is 0 Å². The molecule has 7 heteroatoms. The molecule has 1 aliphatic rings. The van der Waals surface area contributed by atoms with Crippen LogP contribution in [0.5, 0.6) is 0 Å². The zero-order chi connectivity index (χ0) is 14.2. The molecular weight excluding hydrogens is 250 g/mol. The molecule has 1 fully saturated rings. The smallest absolute Gasteiger partial charge is 0.287 e. The lowest BCUT2D eigenvalue weighted by molar-refractivity contribution is -0.384. The summed E-state index contributed by atoms with van der Waals surface area (Å²) in [5, 5.41) is 20.2. The molecule has 7 nitrogen and oxygen atoms in total. The van der Waals surface area contributed by atoms with E-state index in [2.05, 4.69) is 0 Å². The molecule has 19 heavy (non-hydrogen) atoms. The van der Waals surface area contributed by atoms with Gasteiger partial charge in [0.15, 0.2) is 0 Å². The predicted octanol–water partition coefficient (Wildman–Crippen LogP) is 0.776. The maximum Gasteiger partial charge on any atom is 0.287 e. The third-order valence-electron chi connectivity index (χ3n) is 3.61. The van der Waals surface area contributed by atoms with Crippen LogP contribution in [0.2, 0.25) is 0 Å². The summed E-state index contributed by atoms with van der Waals surface area (Å²) in [5.74, 6) is -0.141. The zero-order valence-corrected chi connectivity index (χ0v) is 10.9. The van der Waals surface area contributed by atoms with Gasteiger partial charge in [-0.3, -0.25) is 14.9 Å². The van der Waals surface area contributed by atoms with Crippen molar-refractivity contribution in [3.8, 4) is 0 Å². The Bertz CT molecular complexity index is 509. The van der Waals surface area contributed by atoms with E-state index in [1.807, 2.05) is 0 Å². The van der Waals surface area contributed by atoms with E-state index in [1.54, 1.807) is 18.9 Å². The lowest BCUT2D eigenvalue weighted by Gasteiger charge is -2.17. The highest BCUT2D eigenvalue weighted by atomic mass is 16.6. The highest BCUT2D eigenvalue weighted by molar-refractivity contribution is 5.93. The summed E-state index contributed by atoms with van der Waals surface area (Å²) in [7, 11) is 1.61. The fourth-order valence-electron chi connectivity index (χ4n) is 2.39. The first kappa shape index (κ1) is 13.5. The highest BCUT2D eigenvalue weighted by Crippen LogP contribution is 2.23. The number of likely N-dealkylation sites (tertiary alicyclic amines) is 1. The lowest BCUT2D eigenvalue weighted by Crippen LogP contribution is -2.31. The second kappa shape index (κ2) is 5.00. The topological polar surface area (TPSA) is 88.6 Å².